The molecule has 0 bridgehead atoms. The van der Waals surface area contributed by atoms with Crippen LogP contribution < -0.4 is 9.80 Å². The van der Waals surface area contributed by atoms with Crippen LogP contribution in [0, 0.1) is 0 Å². The summed E-state index contributed by atoms with van der Waals surface area (Å²) in [6.07, 6.45) is 10.0. The highest BCUT2D eigenvalue weighted by Crippen LogP contribution is 2.34. The minimum Gasteiger partial charge on any atom is -0.361 e. The summed E-state index contributed by atoms with van der Waals surface area (Å²) in [6, 6.07) is 6.23. The van der Waals surface area contributed by atoms with Crippen molar-refractivity contribution in [1.29, 1.82) is 0 Å². The van der Waals surface area contributed by atoms with Crippen molar-refractivity contribution in [3.63, 3.8) is 0 Å². The van der Waals surface area contributed by atoms with Crippen molar-refractivity contribution in [2.75, 3.05) is 30.4 Å². The van der Waals surface area contributed by atoms with Crippen LogP contribution in [0.4, 0.5) is 11.8 Å². The second-order valence-corrected chi connectivity index (χ2v) is 6.08. The normalized spacial score (nSPS) is 17.8. The lowest BCUT2D eigenvalue weighted by atomic mass is 10.1. The third-order valence-corrected chi connectivity index (χ3v) is 4.34. The van der Waals surface area contributed by atoms with Gasteiger partial charge in [-0.3, -0.25) is 0 Å². The Kier molecular flexibility index (Phi) is 3.37. The molecule has 1 fully saturated rings. The van der Waals surface area contributed by atoms with Gasteiger partial charge in [0.05, 0.1) is 17.3 Å². The van der Waals surface area contributed by atoms with Gasteiger partial charge in [0.2, 0.25) is 5.95 Å². The molecule has 1 aliphatic heterocycles. The summed E-state index contributed by atoms with van der Waals surface area (Å²) in [7, 11) is 4.07. The van der Waals surface area contributed by atoms with Crippen molar-refractivity contribution >= 4 is 17.3 Å². The van der Waals surface area contributed by atoms with Gasteiger partial charge in [-0.15, -0.1) is 0 Å². The molecule has 4 rings (SSSR count). The number of hydrogen-bond donors (Lipinski definition) is 0. The van der Waals surface area contributed by atoms with E-state index in [1.54, 1.807) is 12.4 Å². The Morgan fingerprint density at radius 2 is 2.00 bits per heavy atom. The molecule has 23 heavy (non-hydrogen) atoms. The lowest BCUT2D eigenvalue weighted by molar-refractivity contribution is 0.673. The van der Waals surface area contributed by atoms with Gasteiger partial charge in [-0.2, -0.15) is 0 Å². The van der Waals surface area contributed by atoms with Crippen LogP contribution in [0.5, 0.6) is 0 Å². The number of nitrogens with zero attached hydrogens (tertiary/aromatic N) is 6. The molecule has 0 aromatic carbocycles. The zero-order valence-electron chi connectivity index (χ0n) is 13.4. The molecule has 1 unspecified atom stereocenters. The van der Waals surface area contributed by atoms with Gasteiger partial charge in [0.1, 0.15) is 0 Å². The summed E-state index contributed by atoms with van der Waals surface area (Å²) in [5, 5.41) is 0. The van der Waals surface area contributed by atoms with E-state index in [2.05, 4.69) is 48.7 Å². The van der Waals surface area contributed by atoms with E-state index in [4.69, 9.17) is 4.98 Å². The zero-order chi connectivity index (χ0) is 15.8. The highest BCUT2D eigenvalue weighted by atomic mass is 15.3. The van der Waals surface area contributed by atoms with E-state index in [0.717, 1.165) is 42.4 Å². The second-order valence-electron chi connectivity index (χ2n) is 6.08. The average molecular weight is 308 g/mol. The number of rotatable bonds is 3. The van der Waals surface area contributed by atoms with Crippen molar-refractivity contribution in [3.8, 4) is 0 Å². The molecule has 3 aromatic rings. The fraction of sp³-hybridized carbons (Fsp3) is 0.353. The van der Waals surface area contributed by atoms with Gasteiger partial charge in [-0.1, -0.05) is 0 Å². The predicted molar refractivity (Wildman–Crippen MR) is 90.9 cm³/mol. The van der Waals surface area contributed by atoms with E-state index in [1.807, 2.05) is 20.2 Å². The molecule has 1 saturated heterocycles. The SMILES string of the molecule is CN(C)c1nc(C2CCCN2c2ncccn2)cn2cccc12. The van der Waals surface area contributed by atoms with Gasteiger partial charge in [-0.05, 0) is 31.0 Å². The van der Waals surface area contributed by atoms with Crippen LogP contribution in [0.3, 0.4) is 0 Å². The molecule has 0 saturated carbocycles. The van der Waals surface area contributed by atoms with Crippen LogP contribution in [0.15, 0.2) is 43.0 Å². The maximum atomic E-state index is 4.94. The molecule has 0 aliphatic carbocycles. The number of anilines is 2. The van der Waals surface area contributed by atoms with Gasteiger partial charge in [0.25, 0.3) is 0 Å². The first-order valence-electron chi connectivity index (χ1n) is 7.92. The topological polar surface area (TPSA) is 49.6 Å². The first kappa shape index (κ1) is 14.0. The molecule has 3 aromatic heterocycles. The van der Waals surface area contributed by atoms with Crippen LogP contribution in [-0.2, 0) is 0 Å². The fourth-order valence-corrected chi connectivity index (χ4v) is 3.29. The number of fused-ring (bicyclic) bond motifs is 1. The highest BCUT2D eigenvalue weighted by Gasteiger charge is 2.30. The van der Waals surface area contributed by atoms with Crippen LogP contribution in [0.2, 0.25) is 0 Å². The van der Waals surface area contributed by atoms with Crippen LogP contribution >= 0.6 is 0 Å². The third kappa shape index (κ3) is 2.40. The smallest absolute Gasteiger partial charge is 0.225 e. The maximum absolute atomic E-state index is 4.94. The molecular weight excluding hydrogens is 288 g/mol. The summed E-state index contributed by atoms with van der Waals surface area (Å²) in [4.78, 5) is 18.1. The van der Waals surface area contributed by atoms with Crippen molar-refractivity contribution in [1.82, 2.24) is 19.4 Å². The van der Waals surface area contributed by atoms with E-state index in [9.17, 15) is 0 Å². The van der Waals surface area contributed by atoms with Crippen LogP contribution in [0.1, 0.15) is 24.6 Å². The van der Waals surface area contributed by atoms with Gasteiger partial charge in [0.15, 0.2) is 5.82 Å². The van der Waals surface area contributed by atoms with Gasteiger partial charge in [-0.25, -0.2) is 15.0 Å². The fourth-order valence-electron chi connectivity index (χ4n) is 3.29. The average Bonchev–Trinajstić information content (AvgIpc) is 3.23. The standard InChI is InChI=1S/C17H20N6/c1-21(2)16-15-7-3-10-22(15)12-13(20-16)14-6-4-11-23(14)17-18-8-5-9-19-17/h3,5,7-10,12,14H,4,6,11H2,1-2H3. The van der Waals surface area contributed by atoms with Gasteiger partial charge < -0.3 is 14.2 Å². The Morgan fingerprint density at radius 1 is 1.17 bits per heavy atom. The molecular formula is C17H20N6. The van der Waals surface area contributed by atoms with Crippen molar-refractivity contribution in [2.45, 2.75) is 18.9 Å². The molecule has 0 N–H and O–H groups in total. The Bertz CT molecular complexity index is 810. The van der Waals surface area contributed by atoms with Crippen LogP contribution in [-0.4, -0.2) is 40.0 Å². The van der Waals surface area contributed by atoms with Gasteiger partial charge in [0, 0.05) is 45.4 Å². The molecule has 6 nitrogen and oxygen atoms in total. The lowest BCUT2D eigenvalue weighted by Crippen LogP contribution is -2.26. The first-order chi connectivity index (χ1) is 11.2. The van der Waals surface area contributed by atoms with E-state index >= 15 is 0 Å². The summed E-state index contributed by atoms with van der Waals surface area (Å²) < 4.78 is 2.15. The molecule has 118 valence electrons. The Labute approximate surface area is 135 Å². The summed E-state index contributed by atoms with van der Waals surface area (Å²) in [5.74, 6) is 1.78. The number of aromatic nitrogens is 4. The first-order valence-corrected chi connectivity index (χ1v) is 7.92. The molecule has 1 atom stereocenters. The van der Waals surface area contributed by atoms with Crippen molar-refractivity contribution in [3.05, 3.63) is 48.7 Å². The molecule has 4 heterocycles. The Morgan fingerprint density at radius 3 is 2.78 bits per heavy atom. The van der Waals surface area contributed by atoms with Gasteiger partial charge >= 0.3 is 0 Å². The Balaban J connectivity index is 1.78. The van der Waals surface area contributed by atoms with Crippen LogP contribution in [0.25, 0.3) is 5.52 Å². The predicted octanol–water partition coefficient (Wildman–Crippen LogP) is 2.53. The number of hydrogen-bond acceptors (Lipinski definition) is 5. The zero-order valence-corrected chi connectivity index (χ0v) is 13.4. The molecule has 0 amide bonds. The third-order valence-electron chi connectivity index (χ3n) is 4.34. The quantitative estimate of drug-likeness (QED) is 0.744. The summed E-state index contributed by atoms with van der Waals surface area (Å²) in [5.41, 5.74) is 2.20. The molecule has 1 aliphatic rings. The second kappa shape index (κ2) is 5.53. The molecule has 0 spiro atoms. The van der Waals surface area contributed by atoms with E-state index in [-0.39, 0.29) is 6.04 Å². The summed E-state index contributed by atoms with van der Waals surface area (Å²) >= 11 is 0. The van der Waals surface area contributed by atoms with E-state index in [0.29, 0.717) is 0 Å². The Hall–Kier alpha value is -2.63. The largest absolute Gasteiger partial charge is 0.361 e. The molecule has 6 heteroatoms. The minimum atomic E-state index is 0.225. The lowest BCUT2D eigenvalue weighted by Gasteiger charge is -2.25. The monoisotopic (exact) mass is 308 g/mol. The minimum absolute atomic E-state index is 0.225. The maximum Gasteiger partial charge on any atom is 0.225 e. The molecule has 0 radical (unpaired) electrons. The van der Waals surface area contributed by atoms with Crippen molar-refractivity contribution in [2.24, 2.45) is 0 Å². The highest BCUT2D eigenvalue weighted by molar-refractivity contribution is 5.69. The van der Waals surface area contributed by atoms with E-state index in [1.165, 1.54) is 0 Å². The summed E-state index contributed by atoms with van der Waals surface area (Å²) in [6.45, 7) is 0.970. The van der Waals surface area contributed by atoms with Crippen molar-refractivity contribution < 1.29 is 0 Å². The van der Waals surface area contributed by atoms with E-state index < -0.39 is 0 Å².